The van der Waals surface area contributed by atoms with E-state index in [2.05, 4.69) is 57.2 Å². The Morgan fingerprint density at radius 1 is 0.339 bits per heavy atom. The smallest absolute Gasteiger partial charge is 0.306 e. The van der Waals surface area contributed by atoms with E-state index in [0.29, 0.717) is 19.3 Å². The van der Waals surface area contributed by atoms with Crippen LogP contribution >= 0.6 is 0 Å². The van der Waals surface area contributed by atoms with Crippen molar-refractivity contribution in [1.29, 1.82) is 0 Å². The van der Waals surface area contributed by atoms with Crippen LogP contribution in [0, 0.1) is 0 Å². The van der Waals surface area contributed by atoms with Gasteiger partial charge >= 0.3 is 17.9 Å². The molecule has 0 aliphatic heterocycles. The van der Waals surface area contributed by atoms with Crippen LogP contribution in [0.3, 0.4) is 0 Å². The number of rotatable bonds is 49. The van der Waals surface area contributed by atoms with E-state index in [1.165, 1.54) is 154 Å². The summed E-state index contributed by atoms with van der Waals surface area (Å²) in [6.45, 7) is 6.54. The fourth-order valence-corrected chi connectivity index (χ4v) is 7.83. The fourth-order valence-electron chi connectivity index (χ4n) is 7.83. The number of ether oxygens (including phenoxy) is 3. The molecule has 1 unspecified atom stereocenters. The first-order valence-corrected chi connectivity index (χ1v) is 27.0. The van der Waals surface area contributed by atoms with Crippen molar-refractivity contribution in [3.63, 3.8) is 0 Å². The summed E-state index contributed by atoms with van der Waals surface area (Å²) in [5.41, 5.74) is 0. The molecule has 0 aromatic rings. The third-order valence-electron chi connectivity index (χ3n) is 11.9. The fraction of sp³-hybridized carbons (Fsp3) is 0.839. The predicted molar refractivity (Wildman–Crippen MR) is 266 cm³/mol. The summed E-state index contributed by atoms with van der Waals surface area (Å²) in [5, 5.41) is 0. The molecule has 0 rings (SSSR count). The van der Waals surface area contributed by atoms with Gasteiger partial charge in [-0.25, -0.2) is 0 Å². The van der Waals surface area contributed by atoms with E-state index in [4.69, 9.17) is 14.2 Å². The van der Waals surface area contributed by atoms with Gasteiger partial charge in [-0.15, -0.1) is 0 Å². The maximum atomic E-state index is 12.8. The van der Waals surface area contributed by atoms with E-state index in [9.17, 15) is 14.4 Å². The highest BCUT2D eigenvalue weighted by Crippen LogP contribution is 2.16. The van der Waals surface area contributed by atoms with Gasteiger partial charge in [0.25, 0.3) is 0 Å². The summed E-state index contributed by atoms with van der Waals surface area (Å²) < 4.78 is 16.8. The molecule has 0 N–H and O–H groups in total. The maximum Gasteiger partial charge on any atom is 0.306 e. The van der Waals surface area contributed by atoms with E-state index < -0.39 is 6.10 Å². The summed E-state index contributed by atoms with van der Waals surface area (Å²) >= 11 is 0. The minimum atomic E-state index is -0.778. The first-order chi connectivity index (χ1) is 30.5. The van der Waals surface area contributed by atoms with Gasteiger partial charge in [0.15, 0.2) is 6.10 Å². The van der Waals surface area contributed by atoms with Gasteiger partial charge in [-0.1, -0.05) is 231 Å². The molecular formula is C56H102O6. The average molecular weight is 871 g/mol. The Kier molecular flexibility index (Phi) is 49.3. The Labute approximate surface area is 385 Å². The van der Waals surface area contributed by atoms with Crippen molar-refractivity contribution in [2.45, 2.75) is 290 Å². The van der Waals surface area contributed by atoms with Crippen molar-refractivity contribution in [2.24, 2.45) is 0 Å². The third-order valence-corrected chi connectivity index (χ3v) is 11.9. The van der Waals surface area contributed by atoms with Crippen LogP contribution in [0.5, 0.6) is 0 Å². The summed E-state index contributed by atoms with van der Waals surface area (Å²) in [4.78, 5) is 38.0. The van der Waals surface area contributed by atoms with Gasteiger partial charge in [0, 0.05) is 19.3 Å². The van der Waals surface area contributed by atoms with Gasteiger partial charge in [-0.05, 0) is 70.6 Å². The molecule has 6 heteroatoms. The molecule has 0 aliphatic rings. The SMILES string of the molecule is CC/C=C\C/C=C\CCCCCCCCCC(=O)OC(COC(=O)CCCCC/C=C\CCCCCCCC)COC(=O)CCCCCCCCCCCCCCCCCCC. The molecular weight excluding hydrogens is 769 g/mol. The second kappa shape index (κ2) is 51.3. The third kappa shape index (κ3) is 48.7. The molecule has 0 heterocycles. The Hall–Kier alpha value is -2.37. The number of carbonyl (C=O) groups excluding carboxylic acids is 3. The molecule has 0 spiro atoms. The molecule has 0 saturated heterocycles. The second-order valence-electron chi connectivity index (χ2n) is 18.1. The molecule has 62 heavy (non-hydrogen) atoms. The number of carbonyl (C=O) groups is 3. The van der Waals surface area contributed by atoms with Crippen molar-refractivity contribution in [3.8, 4) is 0 Å². The van der Waals surface area contributed by atoms with Gasteiger partial charge in [0.2, 0.25) is 0 Å². The van der Waals surface area contributed by atoms with Gasteiger partial charge in [0.1, 0.15) is 13.2 Å². The zero-order valence-electron chi connectivity index (χ0n) is 41.4. The Bertz CT molecular complexity index is 1050. The largest absolute Gasteiger partial charge is 0.462 e. The standard InChI is InChI=1S/C56H102O6/c1-4-7-10-13-16-19-22-25-27-28-29-32-34-37-40-43-46-49-55(58)61-52-53(51-60-54(57)48-45-42-39-36-33-30-24-21-18-15-12-9-6-3)62-56(59)50-47-44-41-38-35-31-26-23-20-17-14-11-8-5-2/h8,11,17,20,30,33,53H,4-7,9-10,12-16,18-19,21-29,31-32,34-52H2,1-3H3/b11-8-,20-17-,33-30-. The Morgan fingerprint density at radius 3 is 1.00 bits per heavy atom. The molecule has 6 nitrogen and oxygen atoms in total. The molecule has 1 atom stereocenters. The molecule has 0 aromatic heterocycles. The van der Waals surface area contributed by atoms with Crippen LogP contribution in [0.15, 0.2) is 36.5 Å². The summed E-state index contributed by atoms with van der Waals surface area (Å²) in [5.74, 6) is -0.889. The lowest BCUT2D eigenvalue weighted by Crippen LogP contribution is -2.30. The first-order valence-electron chi connectivity index (χ1n) is 27.0. The van der Waals surface area contributed by atoms with Gasteiger partial charge in [0.05, 0.1) is 0 Å². The molecule has 0 radical (unpaired) electrons. The van der Waals surface area contributed by atoms with Crippen LogP contribution in [0.2, 0.25) is 0 Å². The summed E-state index contributed by atoms with van der Waals surface area (Å²) in [6, 6.07) is 0. The van der Waals surface area contributed by atoms with Crippen molar-refractivity contribution in [1.82, 2.24) is 0 Å². The zero-order chi connectivity index (χ0) is 45.1. The molecule has 0 aliphatic carbocycles. The maximum absolute atomic E-state index is 12.8. The van der Waals surface area contributed by atoms with Crippen LogP contribution in [0.25, 0.3) is 0 Å². The van der Waals surface area contributed by atoms with Crippen molar-refractivity contribution < 1.29 is 28.6 Å². The highest BCUT2D eigenvalue weighted by Gasteiger charge is 2.19. The zero-order valence-corrected chi connectivity index (χ0v) is 41.4. The average Bonchev–Trinajstić information content (AvgIpc) is 3.27. The molecule has 0 aromatic carbocycles. The number of esters is 3. The van der Waals surface area contributed by atoms with Crippen LogP contribution < -0.4 is 0 Å². The van der Waals surface area contributed by atoms with E-state index in [0.717, 1.165) is 89.9 Å². The number of allylic oxidation sites excluding steroid dienone is 6. The van der Waals surface area contributed by atoms with Crippen LogP contribution in [0.1, 0.15) is 284 Å². The lowest BCUT2D eigenvalue weighted by atomic mass is 10.0. The van der Waals surface area contributed by atoms with Crippen molar-refractivity contribution in [3.05, 3.63) is 36.5 Å². The quantitative estimate of drug-likeness (QED) is 0.0262. The normalized spacial score (nSPS) is 12.2. The number of hydrogen-bond acceptors (Lipinski definition) is 6. The van der Waals surface area contributed by atoms with Gasteiger partial charge in [-0.3, -0.25) is 14.4 Å². The summed E-state index contributed by atoms with van der Waals surface area (Å²) in [6.07, 6.45) is 59.9. The molecule has 0 amide bonds. The molecule has 0 bridgehead atoms. The Morgan fingerprint density at radius 2 is 0.629 bits per heavy atom. The van der Waals surface area contributed by atoms with Crippen LogP contribution in [-0.2, 0) is 28.6 Å². The first kappa shape index (κ1) is 59.6. The predicted octanol–water partition coefficient (Wildman–Crippen LogP) is 17.7. The van der Waals surface area contributed by atoms with E-state index >= 15 is 0 Å². The van der Waals surface area contributed by atoms with Gasteiger partial charge in [-0.2, -0.15) is 0 Å². The topological polar surface area (TPSA) is 78.9 Å². The molecule has 362 valence electrons. The minimum Gasteiger partial charge on any atom is -0.462 e. The molecule has 0 saturated carbocycles. The lowest BCUT2D eigenvalue weighted by Gasteiger charge is -2.18. The van der Waals surface area contributed by atoms with E-state index in [1.54, 1.807) is 0 Å². The number of hydrogen-bond donors (Lipinski definition) is 0. The number of unbranched alkanes of at least 4 members (excludes halogenated alkanes) is 32. The van der Waals surface area contributed by atoms with E-state index in [1.807, 2.05) is 0 Å². The molecule has 0 fully saturated rings. The van der Waals surface area contributed by atoms with Gasteiger partial charge < -0.3 is 14.2 Å². The van der Waals surface area contributed by atoms with Crippen LogP contribution in [-0.4, -0.2) is 37.2 Å². The minimum absolute atomic E-state index is 0.0769. The lowest BCUT2D eigenvalue weighted by molar-refractivity contribution is -0.167. The highest BCUT2D eigenvalue weighted by atomic mass is 16.6. The van der Waals surface area contributed by atoms with E-state index in [-0.39, 0.29) is 31.1 Å². The highest BCUT2D eigenvalue weighted by molar-refractivity contribution is 5.71. The van der Waals surface area contributed by atoms with Crippen LogP contribution in [0.4, 0.5) is 0 Å². The summed E-state index contributed by atoms with van der Waals surface area (Å²) in [7, 11) is 0. The Balaban J connectivity index is 4.35. The van der Waals surface area contributed by atoms with Crippen molar-refractivity contribution in [2.75, 3.05) is 13.2 Å². The second-order valence-corrected chi connectivity index (χ2v) is 18.1. The monoisotopic (exact) mass is 871 g/mol. The van der Waals surface area contributed by atoms with Crippen molar-refractivity contribution >= 4 is 17.9 Å².